The van der Waals surface area contributed by atoms with Crippen LogP contribution in [0.3, 0.4) is 0 Å². The number of carbonyl (C=O) groups excluding carboxylic acids is 2. The molecule has 1 aromatic carbocycles. The molecule has 1 aliphatic heterocycles. The van der Waals surface area contributed by atoms with Crippen molar-refractivity contribution in [3.05, 3.63) is 70.3 Å². The molecular weight excluding hydrogens is 494 g/mol. The highest BCUT2D eigenvalue weighted by Gasteiger charge is 2.23. The predicted octanol–water partition coefficient (Wildman–Crippen LogP) is 7.68. The molecule has 0 bridgehead atoms. The highest BCUT2D eigenvalue weighted by Crippen LogP contribution is 2.21. The molecule has 0 saturated carbocycles. The number of allylic oxidation sites excluding steroid dienone is 1. The summed E-state index contributed by atoms with van der Waals surface area (Å²) in [5.41, 5.74) is 9.21. The van der Waals surface area contributed by atoms with E-state index in [0.29, 0.717) is 6.42 Å². The fourth-order valence-electron chi connectivity index (χ4n) is 3.42. The van der Waals surface area contributed by atoms with Gasteiger partial charge in [-0.2, -0.15) is 0 Å². The number of amides is 2. The zero-order valence-corrected chi connectivity index (χ0v) is 24.8. The molecule has 0 radical (unpaired) electrons. The molecule has 0 aliphatic carbocycles. The Hall–Kier alpha value is -2.81. The molecule has 6 heteroatoms. The number of carbonyl (C=O) groups is 2. The molecule has 1 heterocycles. The Labute approximate surface area is 238 Å². The van der Waals surface area contributed by atoms with Crippen LogP contribution in [0.25, 0.3) is 0 Å². The molecule has 2 rings (SSSR count). The van der Waals surface area contributed by atoms with E-state index in [1.54, 1.807) is 5.01 Å². The number of rotatable bonds is 8. The Morgan fingerprint density at radius 2 is 1.79 bits per heavy atom. The van der Waals surface area contributed by atoms with Gasteiger partial charge in [-0.3, -0.25) is 14.6 Å². The Balaban J connectivity index is -0.000000499. The zero-order chi connectivity index (χ0) is 28.6. The van der Waals surface area contributed by atoms with Crippen molar-refractivity contribution in [1.82, 2.24) is 10.0 Å². The molecular formula is C32H52ClN3O2. The van der Waals surface area contributed by atoms with Gasteiger partial charge in [-0.1, -0.05) is 89.9 Å². The van der Waals surface area contributed by atoms with Gasteiger partial charge in [0.2, 0.25) is 12.3 Å². The Morgan fingerprint density at radius 1 is 1.21 bits per heavy atom. The second-order valence-electron chi connectivity index (χ2n) is 8.34. The van der Waals surface area contributed by atoms with E-state index in [9.17, 15) is 4.79 Å². The van der Waals surface area contributed by atoms with E-state index in [1.807, 2.05) is 57.1 Å². The predicted molar refractivity (Wildman–Crippen MR) is 167 cm³/mol. The van der Waals surface area contributed by atoms with Gasteiger partial charge in [0.1, 0.15) is 0 Å². The second kappa shape index (κ2) is 25.8. The second-order valence-corrected chi connectivity index (χ2v) is 8.77. The number of aryl methyl sites for hydroxylation is 2. The van der Waals surface area contributed by atoms with Gasteiger partial charge in [0, 0.05) is 38.0 Å². The van der Waals surface area contributed by atoms with Crippen LogP contribution in [-0.2, 0) is 16.0 Å². The van der Waals surface area contributed by atoms with Crippen LogP contribution in [0.1, 0.15) is 85.3 Å². The van der Waals surface area contributed by atoms with Gasteiger partial charge in [-0.25, -0.2) is 5.01 Å². The number of halogens is 1. The average molecular weight is 546 g/mol. The summed E-state index contributed by atoms with van der Waals surface area (Å²) in [6.07, 6.45) is 12.8. The maximum absolute atomic E-state index is 11.6. The maximum atomic E-state index is 11.6. The number of nitrogens with two attached hydrogens (primary N) is 1. The molecule has 2 amide bonds. The normalized spacial score (nSPS) is 11.8. The molecule has 0 atom stereocenters. The van der Waals surface area contributed by atoms with Crippen LogP contribution in [0.5, 0.6) is 0 Å². The van der Waals surface area contributed by atoms with E-state index in [4.69, 9.17) is 16.4 Å². The molecule has 0 fully saturated rings. The first kappa shape index (κ1) is 39.7. The molecule has 0 unspecified atom stereocenters. The standard InChI is InChI=1S/C13H20N2O.C12H13Cl.C5H12.CH3NO.CH4/c1-5-8-12-10-15(9-11(12)6-2)14(4)13(16)7-3;1-3-4-5-6-11-7-8-12(13)9-10(11)2;1-3-5-4-2;2-1-3;/h5-6,8H,2,7,9-10H2,1,3-4H3;7-9H,5-6H2,1-2H3;3-5H2,1-2H3;1H,(H2,2,3);1H4/b8-5-;;;;. The summed E-state index contributed by atoms with van der Waals surface area (Å²) in [6.45, 7) is 17.6. The highest BCUT2D eigenvalue weighted by molar-refractivity contribution is 6.30. The molecule has 0 spiro atoms. The number of hydrazine groups is 1. The van der Waals surface area contributed by atoms with Gasteiger partial charge >= 0.3 is 0 Å². The number of primary amides is 1. The van der Waals surface area contributed by atoms with Crippen LogP contribution in [-0.4, -0.2) is 42.5 Å². The van der Waals surface area contributed by atoms with Gasteiger partial charge in [0.05, 0.1) is 0 Å². The van der Waals surface area contributed by atoms with Gasteiger partial charge in [-0.05, 0) is 61.6 Å². The zero-order valence-electron chi connectivity index (χ0n) is 24.1. The molecule has 38 heavy (non-hydrogen) atoms. The van der Waals surface area contributed by atoms with Crippen molar-refractivity contribution >= 4 is 23.9 Å². The van der Waals surface area contributed by atoms with Crippen molar-refractivity contribution in [2.24, 2.45) is 5.73 Å². The lowest BCUT2D eigenvalue weighted by Gasteiger charge is -2.27. The fraction of sp³-hybridized carbons (Fsp3) is 0.500. The largest absolute Gasteiger partial charge is 0.372 e. The first-order valence-corrected chi connectivity index (χ1v) is 13.4. The van der Waals surface area contributed by atoms with E-state index < -0.39 is 0 Å². The van der Waals surface area contributed by atoms with Crippen LogP contribution in [0.4, 0.5) is 0 Å². The van der Waals surface area contributed by atoms with E-state index in [2.05, 4.69) is 57.1 Å². The monoisotopic (exact) mass is 545 g/mol. The van der Waals surface area contributed by atoms with E-state index in [-0.39, 0.29) is 19.7 Å². The van der Waals surface area contributed by atoms with Crippen molar-refractivity contribution in [2.75, 3.05) is 20.1 Å². The minimum absolute atomic E-state index is 0. The molecule has 5 nitrogen and oxygen atoms in total. The highest BCUT2D eigenvalue weighted by atomic mass is 35.5. The lowest BCUT2D eigenvalue weighted by atomic mass is 10.0. The number of hydrogen-bond donors (Lipinski definition) is 1. The van der Waals surface area contributed by atoms with Crippen LogP contribution >= 0.6 is 11.6 Å². The minimum Gasteiger partial charge on any atom is -0.372 e. The molecule has 0 aromatic heterocycles. The minimum atomic E-state index is 0. The molecule has 214 valence electrons. The summed E-state index contributed by atoms with van der Waals surface area (Å²) >= 11 is 5.85. The number of hydrogen-bond acceptors (Lipinski definition) is 3. The van der Waals surface area contributed by atoms with Gasteiger partial charge in [0.15, 0.2) is 0 Å². The third kappa shape index (κ3) is 17.6. The summed E-state index contributed by atoms with van der Waals surface area (Å²) in [5.74, 6) is 6.09. The van der Waals surface area contributed by atoms with Crippen LogP contribution in [0.2, 0.25) is 5.02 Å². The lowest BCUT2D eigenvalue weighted by Crippen LogP contribution is -2.42. The summed E-state index contributed by atoms with van der Waals surface area (Å²) in [4.78, 5) is 20.2. The van der Waals surface area contributed by atoms with Gasteiger partial charge in [-0.15, -0.1) is 11.8 Å². The van der Waals surface area contributed by atoms with E-state index in [1.165, 1.54) is 41.5 Å². The molecule has 0 saturated heterocycles. The Bertz CT molecular complexity index is 924. The van der Waals surface area contributed by atoms with Crippen molar-refractivity contribution < 1.29 is 9.59 Å². The van der Waals surface area contributed by atoms with E-state index in [0.717, 1.165) is 31.0 Å². The SMILES string of the molecule is C.C=CC1=C(/C=C\C)CN(N(C)C(=O)CC)C1.CC#CCCc1ccc(Cl)cc1C.CCCCC.NC=O. The summed E-state index contributed by atoms with van der Waals surface area (Å²) in [5, 5.41) is 4.56. The molecule has 1 aliphatic rings. The van der Waals surface area contributed by atoms with Crippen molar-refractivity contribution in [1.29, 1.82) is 0 Å². The summed E-state index contributed by atoms with van der Waals surface area (Å²) in [7, 11) is 1.82. The first-order chi connectivity index (χ1) is 17.7. The third-order valence-electron chi connectivity index (χ3n) is 5.53. The third-order valence-corrected chi connectivity index (χ3v) is 5.76. The van der Waals surface area contributed by atoms with Crippen molar-refractivity contribution in [2.45, 2.75) is 87.5 Å². The van der Waals surface area contributed by atoms with Gasteiger partial charge < -0.3 is 5.73 Å². The summed E-state index contributed by atoms with van der Waals surface area (Å²) < 4.78 is 0. The molecule has 2 N–H and O–H groups in total. The topological polar surface area (TPSA) is 66.6 Å². The lowest BCUT2D eigenvalue weighted by molar-refractivity contribution is -0.143. The maximum Gasteiger partial charge on any atom is 0.236 e. The Kier molecular flexibility index (Phi) is 27.0. The first-order valence-electron chi connectivity index (χ1n) is 13.0. The van der Waals surface area contributed by atoms with Crippen LogP contribution in [0, 0.1) is 18.8 Å². The van der Waals surface area contributed by atoms with Crippen LogP contribution in [0.15, 0.2) is 54.2 Å². The van der Waals surface area contributed by atoms with Gasteiger partial charge in [0.25, 0.3) is 0 Å². The average Bonchev–Trinajstić information content (AvgIpc) is 3.29. The smallest absolute Gasteiger partial charge is 0.236 e. The Morgan fingerprint density at radius 3 is 2.21 bits per heavy atom. The fourth-order valence-corrected chi connectivity index (χ4v) is 3.65. The van der Waals surface area contributed by atoms with Crippen molar-refractivity contribution in [3.8, 4) is 11.8 Å². The quantitative estimate of drug-likeness (QED) is 0.269. The van der Waals surface area contributed by atoms with E-state index >= 15 is 0 Å². The number of benzene rings is 1. The van der Waals surface area contributed by atoms with Crippen LogP contribution < -0.4 is 5.73 Å². The summed E-state index contributed by atoms with van der Waals surface area (Å²) in [6, 6.07) is 6.01. The van der Waals surface area contributed by atoms with Crippen molar-refractivity contribution in [3.63, 3.8) is 0 Å². The number of nitrogens with zero attached hydrogens (tertiary/aromatic N) is 2. The molecule has 1 aromatic rings. The number of unbranched alkanes of at least 4 members (excludes halogenated alkanes) is 2.